The molecule has 7 heteroatoms. The van der Waals surface area contributed by atoms with Gasteiger partial charge in [0.1, 0.15) is 5.69 Å². The first-order valence-electron chi connectivity index (χ1n) is 7.66. The molecule has 0 saturated carbocycles. The largest absolute Gasteiger partial charge is 0.347 e. The molecule has 2 heterocycles. The molecule has 1 aliphatic heterocycles. The van der Waals surface area contributed by atoms with Crippen molar-refractivity contribution in [3.05, 3.63) is 15.8 Å². The molecule has 1 aromatic heterocycles. The molecule has 21 heavy (non-hydrogen) atoms. The molecule has 1 saturated heterocycles. The van der Waals surface area contributed by atoms with Crippen LogP contribution in [0.5, 0.6) is 0 Å². The van der Waals surface area contributed by atoms with E-state index in [2.05, 4.69) is 16.9 Å². The Labute approximate surface area is 125 Å². The fraction of sp³-hybridized carbons (Fsp3) is 0.786. The summed E-state index contributed by atoms with van der Waals surface area (Å²) in [4.78, 5) is 13.3. The molecule has 7 nitrogen and oxygen atoms in total. The van der Waals surface area contributed by atoms with Gasteiger partial charge >= 0.3 is 5.69 Å². The van der Waals surface area contributed by atoms with E-state index in [1.807, 2.05) is 6.92 Å². The lowest BCUT2D eigenvalue weighted by molar-refractivity contribution is -0.384. The Morgan fingerprint density at radius 3 is 2.81 bits per heavy atom. The predicted octanol–water partition coefficient (Wildman–Crippen LogP) is 1.84. The standard InChI is InChI=1S/C14H25N5O2/c1-4-5-12-13(19(20)21)14(17(3)16-12)18-7-6-10(2)8-11(18)9-15/h10-11H,4-9,15H2,1-3H3. The van der Waals surface area contributed by atoms with E-state index >= 15 is 0 Å². The van der Waals surface area contributed by atoms with Crippen molar-refractivity contribution in [3.8, 4) is 0 Å². The van der Waals surface area contributed by atoms with E-state index in [1.54, 1.807) is 11.7 Å². The maximum absolute atomic E-state index is 11.5. The maximum atomic E-state index is 11.5. The minimum atomic E-state index is -0.293. The summed E-state index contributed by atoms with van der Waals surface area (Å²) in [5, 5.41) is 15.9. The van der Waals surface area contributed by atoms with Crippen molar-refractivity contribution in [2.45, 2.75) is 45.6 Å². The average Bonchev–Trinajstić information content (AvgIpc) is 2.75. The van der Waals surface area contributed by atoms with E-state index < -0.39 is 0 Å². The van der Waals surface area contributed by atoms with Crippen molar-refractivity contribution in [2.75, 3.05) is 18.0 Å². The number of hydrogen-bond donors (Lipinski definition) is 1. The third-order valence-corrected chi connectivity index (χ3v) is 4.25. The Kier molecular flexibility index (Phi) is 4.82. The molecular formula is C14H25N5O2. The van der Waals surface area contributed by atoms with Crippen LogP contribution in [0, 0.1) is 16.0 Å². The number of aromatic nitrogens is 2. The Morgan fingerprint density at radius 1 is 1.52 bits per heavy atom. The number of nitro groups is 1. The Balaban J connectivity index is 2.44. The molecule has 0 spiro atoms. The van der Waals surface area contributed by atoms with Crippen molar-refractivity contribution in [1.29, 1.82) is 0 Å². The summed E-state index contributed by atoms with van der Waals surface area (Å²) in [6.07, 6.45) is 3.47. The van der Waals surface area contributed by atoms with Gasteiger partial charge in [0.15, 0.2) is 0 Å². The number of piperidine rings is 1. The van der Waals surface area contributed by atoms with Gasteiger partial charge in [-0.25, -0.2) is 4.68 Å². The van der Waals surface area contributed by atoms with Gasteiger partial charge in [-0.15, -0.1) is 0 Å². The van der Waals surface area contributed by atoms with Gasteiger partial charge in [0, 0.05) is 26.2 Å². The molecule has 2 atom stereocenters. The van der Waals surface area contributed by atoms with Gasteiger partial charge in [0.05, 0.1) is 4.92 Å². The number of nitrogens with zero attached hydrogens (tertiary/aromatic N) is 4. The van der Waals surface area contributed by atoms with Crippen molar-refractivity contribution in [2.24, 2.45) is 18.7 Å². The van der Waals surface area contributed by atoms with Crippen molar-refractivity contribution in [1.82, 2.24) is 9.78 Å². The van der Waals surface area contributed by atoms with Crippen LogP contribution < -0.4 is 10.6 Å². The van der Waals surface area contributed by atoms with Crippen LogP contribution in [0.2, 0.25) is 0 Å². The van der Waals surface area contributed by atoms with Crippen LogP contribution in [0.1, 0.15) is 38.8 Å². The van der Waals surface area contributed by atoms with Gasteiger partial charge < -0.3 is 10.6 Å². The van der Waals surface area contributed by atoms with Crippen LogP contribution >= 0.6 is 0 Å². The lowest BCUT2D eigenvalue weighted by Gasteiger charge is -2.38. The molecule has 2 N–H and O–H groups in total. The van der Waals surface area contributed by atoms with Crippen LogP contribution in [0.3, 0.4) is 0 Å². The summed E-state index contributed by atoms with van der Waals surface area (Å²) in [5.41, 5.74) is 6.63. The third-order valence-electron chi connectivity index (χ3n) is 4.25. The van der Waals surface area contributed by atoms with Gasteiger partial charge in [-0.2, -0.15) is 5.10 Å². The van der Waals surface area contributed by atoms with E-state index in [9.17, 15) is 10.1 Å². The van der Waals surface area contributed by atoms with Crippen LogP contribution in [0.15, 0.2) is 0 Å². The fourth-order valence-electron chi connectivity index (χ4n) is 3.23. The average molecular weight is 295 g/mol. The minimum Gasteiger partial charge on any atom is -0.347 e. The predicted molar refractivity (Wildman–Crippen MR) is 82.4 cm³/mol. The molecule has 2 rings (SSSR count). The highest BCUT2D eigenvalue weighted by Crippen LogP contribution is 2.36. The number of anilines is 1. The number of rotatable bonds is 5. The fourth-order valence-corrected chi connectivity index (χ4v) is 3.23. The van der Waals surface area contributed by atoms with E-state index in [0.29, 0.717) is 30.4 Å². The normalized spacial score (nSPS) is 22.6. The SMILES string of the molecule is CCCc1nn(C)c(N2CCC(C)CC2CN)c1[N+](=O)[O-]. The number of nitrogens with two attached hydrogens (primary N) is 1. The van der Waals surface area contributed by atoms with Crippen LogP contribution in [0.4, 0.5) is 11.5 Å². The van der Waals surface area contributed by atoms with Gasteiger partial charge in [-0.05, 0) is 25.2 Å². The lowest BCUT2D eigenvalue weighted by Crippen LogP contribution is -2.47. The summed E-state index contributed by atoms with van der Waals surface area (Å²) >= 11 is 0. The monoisotopic (exact) mass is 295 g/mol. The summed E-state index contributed by atoms with van der Waals surface area (Å²) < 4.78 is 1.65. The second-order valence-electron chi connectivity index (χ2n) is 5.96. The summed E-state index contributed by atoms with van der Waals surface area (Å²) in [6.45, 7) is 5.52. The van der Waals surface area contributed by atoms with Gasteiger partial charge in [-0.3, -0.25) is 10.1 Å². The minimum absolute atomic E-state index is 0.150. The van der Waals surface area contributed by atoms with Crippen LogP contribution in [-0.4, -0.2) is 33.8 Å². The van der Waals surface area contributed by atoms with Gasteiger partial charge in [0.2, 0.25) is 5.82 Å². The third kappa shape index (κ3) is 3.02. The first-order chi connectivity index (χ1) is 9.99. The van der Waals surface area contributed by atoms with E-state index in [4.69, 9.17) is 5.73 Å². The highest BCUT2D eigenvalue weighted by molar-refractivity contribution is 5.62. The van der Waals surface area contributed by atoms with E-state index in [-0.39, 0.29) is 16.7 Å². The number of aryl methyl sites for hydroxylation is 2. The first-order valence-corrected chi connectivity index (χ1v) is 7.66. The quantitative estimate of drug-likeness (QED) is 0.661. The molecule has 118 valence electrons. The molecule has 1 aromatic rings. The Hall–Kier alpha value is -1.63. The molecule has 0 amide bonds. The Morgan fingerprint density at radius 2 is 2.24 bits per heavy atom. The van der Waals surface area contributed by atoms with E-state index in [0.717, 1.165) is 25.8 Å². The second-order valence-corrected chi connectivity index (χ2v) is 5.96. The molecular weight excluding hydrogens is 270 g/mol. The zero-order chi connectivity index (χ0) is 15.6. The van der Waals surface area contributed by atoms with Crippen molar-refractivity contribution < 1.29 is 4.92 Å². The van der Waals surface area contributed by atoms with Crippen molar-refractivity contribution in [3.63, 3.8) is 0 Å². The first kappa shape index (κ1) is 15.8. The molecule has 0 aromatic carbocycles. The Bertz CT molecular complexity index is 514. The molecule has 0 aliphatic carbocycles. The summed E-state index contributed by atoms with van der Waals surface area (Å²) in [7, 11) is 1.78. The lowest BCUT2D eigenvalue weighted by atomic mass is 9.92. The van der Waals surface area contributed by atoms with E-state index in [1.165, 1.54) is 0 Å². The zero-order valence-electron chi connectivity index (χ0n) is 13.1. The molecule has 1 fully saturated rings. The maximum Gasteiger partial charge on any atom is 0.334 e. The highest BCUT2D eigenvalue weighted by atomic mass is 16.6. The van der Waals surface area contributed by atoms with Crippen LogP contribution in [0.25, 0.3) is 0 Å². The summed E-state index contributed by atoms with van der Waals surface area (Å²) in [5.74, 6) is 1.22. The smallest absolute Gasteiger partial charge is 0.334 e. The summed E-state index contributed by atoms with van der Waals surface area (Å²) in [6, 6.07) is 0.150. The number of hydrogen-bond acceptors (Lipinski definition) is 5. The van der Waals surface area contributed by atoms with Gasteiger partial charge in [-0.1, -0.05) is 20.3 Å². The van der Waals surface area contributed by atoms with Crippen LogP contribution in [-0.2, 0) is 13.5 Å². The molecule has 0 radical (unpaired) electrons. The zero-order valence-corrected chi connectivity index (χ0v) is 13.1. The molecule has 0 bridgehead atoms. The molecule has 1 aliphatic rings. The van der Waals surface area contributed by atoms with Crippen molar-refractivity contribution >= 4 is 11.5 Å². The highest BCUT2D eigenvalue weighted by Gasteiger charge is 2.35. The van der Waals surface area contributed by atoms with Gasteiger partial charge in [0.25, 0.3) is 0 Å². The second kappa shape index (κ2) is 6.43. The topological polar surface area (TPSA) is 90.2 Å². The molecule has 2 unspecified atom stereocenters.